The van der Waals surface area contributed by atoms with Gasteiger partial charge >= 0.3 is 12.0 Å². The fourth-order valence-electron chi connectivity index (χ4n) is 2.83. The van der Waals surface area contributed by atoms with Gasteiger partial charge in [0.1, 0.15) is 6.33 Å². The molecule has 0 aliphatic heterocycles. The molecule has 0 spiro atoms. The topological polar surface area (TPSA) is 95.9 Å². The minimum absolute atomic E-state index is 0.190. The van der Waals surface area contributed by atoms with Crippen LogP contribution in [0.5, 0.6) is 6.01 Å². The highest BCUT2D eigenvalue weighted by Crippen LogP contribution is 2.31. The van der Waals surface area contributed by atoms with E-state index in [2.05, 4.69) is 34.9 Å². The zero-order valence-corrected chi connectivity index (χ0v) is 14.6. The molecule has 1 aromatic carbocycles. The second-order valence-electron chi connectivity index (χ2n) is 6.33. The molecule has 1 amide bonds. The van der Waals surface area contributed by atoms with Gasteiger partial charge in [0.15, 0.2) is 0 Å². The van der Waals surface area contributed by atoms with Crippen LogP contribution in [0.4, 0.5) is 4.79 Å². The molecule has 2 heterocycles. The summed E-state index contributed by atoms with van der Waals surface area (Å²) in [5.74, 6) is 0.555. The quantitative estimate of drug-likeness (QED) is 0.771. The minimum atomic E-state index is -0.629. The summed E-state index contributed by atoms with van der Waals surface area (Å²) in [4.78, 5) is 24.5. The third kappa shape index (κ3) is 3.31. The van der Waals surface area contributed by atoms with Crippen LogP contribution in [-0.4, -0.2) is 32.7 Å². The lowest BCUT2D eigenvalue weighted by molar-refractivity contribution is 0.247. The number of hydrogen-bond donors (Lipinski definition) is 1. The molecule has 130 valence electrons. The monoisotopic (exact) mass is 339 g/mol. The highest BCUT2D eigenvalue weighted by Gasteiger charge is 2.19. The molecule has 7 heteroatoms. The van der Waals surface area contributed by atoms with E-state index in [0.29, 0.717) is 11.4 Å². The van der Waals surface area contributed by atoms with Crippen molar-refractivity contribution in [2.75, 3.05) is 7.11 Å². The van der Waals surface area contributed by atoms with E-state index in [9.17, 15) is 4.79 Å². The van der Waals surface area contributed by atoms with Crippen molar-refractivity contribution in [3.8, 4) is 17.1 Å². The number of nitrogens with zero attached hydrogens (tertiary/aromatic N) is 4. The van der Waals surface area contributed by atoms with Crippen LogP contribution in [0, 0.1) is 5.92 Å². The van der Waals surface area contributed by atoms with Crippen LogP contribution in [0.1, 0.15) is 25.8 Å². The summed E-state index contributed by atoms with van der Waals surface area (Å²) in [6.07, 6.45) is 6.81. The number of carbonyl (C=O) groups excluding carboxylic acids is 1. The Balaban J connectivity index is 2.25. The number of carbonyl (C=O) groups is 1. The highest BCUT2D eigenvalue weighted by molar-refractivity contribution is 5.94. The van der Waals surface area contributed by atoms with Crippen LogP contribution in [0.15, 0.2) is 30.9 Å². The molecule has 7 nitrogen and oxygen atoms in total. The van der Waals surface area contributed by atoms with E-state index in [1.165, 1.54) is 18.0 Å². The highest BCUT2D eigenvalue weighted by atomic mass is 16.5. The molecule has 0 saturated carbocycles. The number of fused-ring (bicyclic) bond motifs is 1. The van der Waals surface area contributed by atoms with Gasteiger partial charge in [0, 0.05) is 18.0 Å². The van der Waals surface area contributed by atoms with Crippen molar-refractivity contribution in [2.45, 2.75) is 26.7 Å². The molecule has 0 aliphatic carbocycles. The Hall–Kier alpha value is -2.96. The minimum Gasteiger partial charge on any atom is -0.468 e. The molecule has 0 unspecified atom stereocenters. The predicted molar refractivity (Wildman–Crippen MR) is 95.5 cm³/mol. The number of hydrogen-bond acceptors (Lipinski definition) is 5. The van der Waals surface area contributed by atoms with Gasteiger partial charge in [-0.05, 0) is 42.0 Å². The smallest absolute Gasteiger partial charge is 0.327 e. The van der Waals surface area contributed by atoms with Gasteiger partial charge in [0.2, 0.25) is 0 Å². The summed E-state index contributed by atoms with van der Waals surface area (Å²) in [5, 5.41) is 0. The van der Waals surface area contributed by atoms with E-state index in [4.69, 9.17) is 10.5 Å². The van der Waals surface area contributed by atoms with E-state index in [-0.39, 0.29) is 6.01 Å². The lowest BCUT2D eigenvalue weighted by Crippen LogP contribution is -2.20. The molecule has 0 fully saturated rings. The number of ether oxygens (including phenoxy) is 1. The number of methoxy groups -OCH3 is 1. The fraction of sp³-hybridized carbons (Fsp3) is 0.333. The third-order valence-corrected chi connectivity index (χ3v) is 4.10. The van der Waals surface area contributed by atoms with Gasteiger partial charge in [0.25, 0.3) is 0 Å². The Bertz CT molecular complexity index is 903. The Morgan fingerprint density at radius 3 is 2.56 bits per heavy atom. The zero-order valence-electron chi connectivity index (χ0n) is 14.6. The number of benzene rings is 1. The van der Waals surface area contributed by atoms with Crippen molar-refractivity contribution in [3.05, 3.63) is 36.4 Å². The lowest BCUT2D eigenvalue weighted by Gasteiger charge is -2.09. The van der Waals surface area contributed by atoms with Crippen molar-refractivity contribution in [1.82, 2.24) is 19.5 Å². The normalized spacial score (nSPS) is 11.2. The van der Waals surface area contributed by atoms with Crippen molar-refractivity contribution in [2.24, 2.45) is 11.7 Å². The third-order valence-electron chi connectivity index (χ3n) is 4.10. The molecule has 0 bridgehead atoms. The number of nitrogens with two attached hydrogens (primary N) is 1. The van der Waals surface area contributed by atoms with Crippen LogP contribution < -0.4 is 10.5 Å². The summed E-state index contributed by atoms with van der Waals surface area (Å²) in [6.45, 7) is 4.35. The molecular weight excluding hydrogens is 318 g/mol. The SMILES string of the molecule is COc1nc2c(CCC(C)C)cc(-c3cncnc3)cc2n1C(N)=O. The number of aromatic nitrogens is 4. The average molecular weight is 339 g/mol. The Kier molecular flexibility index (Phi) is 4.65. The number of rotatable bonds is 5. The van der Waals surface area contributed by atoms with E-state index < -0.39 is 6.03 Å². The maximum Gasteiger partial charge on any atom is 0.327 e. The largest absolute Gasteiger partial charge is 0.468 e. The molecule has 25 heavy (non-hydrogen) atoms. The Morgan fingerprint density at radius 1 is 1.24 bits per heavy atom. The van der Waals surface area contributed by atoms with Gasteiger partial charge in [-0.2, -0.15) is 4.98 Å². The second-order valence-corrected chi connectivity index (χ2v) is 6.33. The molecular formula is C18H21N5O2. The number of aryl methyl sites for hydroxylation is 1. The average Bonchev–Trinajstić information content (AvgIpc) is 2.99. The second kappa shape index (κ2) is 6.88. The van der Waals surface area contributed by atoms with E-state index in [1.54, 1.807) is 12.4 Å². The van der Waals surface area contributed by atoms with Crippen LogP contribution >= 0.6 is 0 Å². The molecule has 0 radical (unpaired) electrons. The van der Waals surface area contributed by atoms with E-state index in [0.717, 1.165) is 35.0 Å². The predicted octanol–water partition coefficient (Wildman–Crippen LogP) is 3.02. The molecule has 3 aromatic rings. The van der Waals surface area contributed by atoms with E-state index in [1.807, 2.05) is 6.07 Å². The molecule has 0 aliphatic rings. The fourth-order valence-corrected chi connectivity index (χ4v) is 2.83. The summed E-state index contributed by atoms with van der Waals surface area (Å²) >= 11 is 0. The number of primary amides is 1. The molecule has 0 atom stereocenters. The first-order valence-electron chi connectivity index (χ1n) is 8.15. The summed E-state index contributed by atoms with van der Waals surface area (Å²) in [6, 6.07) is 3.50. The number of imidazole rings is 1. The van der Waals surface area contributed by atoms with Gasteiger partial charge in [-0.15, -0.1) is 0 Å². The van der Waals surface area contributed by atoms with Crippen LogP contribution in [-0.2, 0) is 6.42 Å². The van der Waals surface area contributed by atoms with Crippen LogP contribution in [0.2, 0.25) is 0 Å². The summed E-state index contributed by atoms with van der Waals surface area (Å²) < 4.78 is 6.54. The maximum absolute atomic E-state index is 11.9. The Labute approximate surface area is 145 Å². The molecule has 3 rings (SSSR count). The van der Waals surface area contributed by atoms with Crippen molar-refractivity contribution in [1.29, 1.82) is 0 Å². The standard InChI is InChI=1S/C18H21N5O2/c1-11(2)4-5-12-6-13(14-8-20-10-21-9-14)7-15-16(12)22-18(25-3)23(15)17(19)24/h6-11H,4-5H2,1-3H3,(H2,19,24). The summed E-state index contributed by atoms with van der Waals surface area (Å²) in [5.41, 5.74) is 9.73. The van der Waals surface area contributed by atoms with Crippen LogP contribution in [0.25, 0.3) is 22.2 Å². The summed E-state index contributed by atoms with van der Waals surface area (Å²) in [7, 11) is 1.47. The van der Waals surface area contributed by atoms with Crippen LogP contribution in [0.3, 0.4) is 0 Å². The molecule has 0 saturated heterocycles. The first kappa shape index (κ1) is 16.9. The van der Waals surface area contributed by atoms with Gasteiger partial charge in [0.05, 0.1) is 18.1 Å². The first-order chi connectivity index (χ1) is 12.0. The lowest BCUT2D eigenvalue weighted by atomic mass is 9.98. The maximum atomic E-state index is 11.9. The van der Waals surface area contributed by atoms with Crippen molar-refractivity contribution >= 4 is 17.1 Å². The molecule has 2 aromatic heterocycles. The first-order valence-corrected chi connectivity index (χ1v) is 8.15. The van der Waals surface area contributed by atoms with Crippen molar-refractivity contribution in [3.63, 3.8) is 0 Å². The van der Waals surface area contributed by atoms with Gasteiger partial charge in [-0.25, -0.2) is 19.3 Å². The van der Waals surface area contributed by atoms with Gasteiger partial charge < -0.3 is 10.5 Å². The number of amides is 1. The molecule has 2 N–H and O–H groups in total. The van der Waals surface area contributed by atoms with E-state index >= 15 is 0 Å². The van der Waals surface area contributed by atoms with Gasteiger partial charge in [-0.1, -0.05) is 13.8 Å². The Morgan fingerprint density at radius 2 is 1.96 bits per heavy atom. The zero-order chi connectivity index (χ0) is 18.0. The van der Waals surface area contributed by atoms with Crippen molar-refractivity contribution < 1.29 is 9.53 Å². The van der Waals surface area contributed by atoms with Gasteiger partial charge in [-0.3, -0.25) is 0 Å².